The van der Waals surface area contributed by atoms with Crippen LogP contribution in [0.3, 0.4) is 0 Å². The van der Waals surface area contributed by atoms with E-state index in [-0.39, 0.29) is 11.9 Å². The van der Waals surface area contributed by atoms with Crippen LogP contribution >= 0.6 is 11.6 Å². The van der Waals surface area contributed by atoms with E-state index in [1.54, 1.807) is 0 Å². The molecule has 0 fully saturated rings. The van der Waals surface area contributed by atoms with Crippen molar-refractivity contribution < 1.29 is 9.53 Å². The van der Waals surface area contributed by atoms with Crippen LogP contribution in [0.1, 0.15) is 0 Å². The zero-order valence-corrected chi connectivity index (χ0v) is 10.2. The van der Waals surface area contributed by atoms with Crippen LogP contribution in [0.4, 0.5) is 0 Å². The van der Waals surface area contributed by atoms with Crippen LogP contribution in [0.2, 0.25) is 5.02 Å². The van der Waals surface area contributed by atoms with Gasteiger partial charge in [-0.2, -0.15) is 0 Å². The monoisotopic (exact) mass is 268 g/mol. The first-order valence-electron chi connectivity index (χ1n) is 5.02. The number of esters is 1. The molecule has 0 saturated carbocycles. The first-order valence-corrected chi connectivity index (χ1v) is 5.40. The smallest absolute Gasteiger partial charge is 0.329 e. The van der Waals surface area contributed by atoms with Gasteiger partial charge in [0.15, 0.2) is 0 Å². The van der Waals surface area contributed by atoms with Crippen LogP contribution in [-0.2, 0) is 16.1 Å². The summed E-state index contributed by atoms with van der Waals surface area (Å²) in [6, 6.07) is 4.48. The van der Waals surface area contributed by atoms with E-state index in [1.807, 2.05) is 0 Å². The molecule has 0 aliphatic carbocycles. The molecule has 6 nitrogen and oxygen atoms in total. The van der Waals surface area contributed by atoms with Gasteiger partial charge in [0.2, 0.25) is 0 Å². The number of aromatic nitrogens is 2. The Hall–Kier alpha value is -2.08. The first-order chi connectivity index (χ1) is 8.52. The Bertz CT molecular complexity index is 732. The number of halogens is 1. The number of rotatable bonds is 2. The van der Waals surface area contributed by atoms with E-state index in [0.29, 0.717) is 10.5 Å². The van der Waals surface area contributed by atoms with Gasteiger partial charge >= 0.3 is 11.7 Å². The Morgan fingerprint density at radius 2 is 2.17 bits per heavy atom. The highest BCUT2D eigenvalue weighted by atomic mass is 35.5. The summed E-state index contributed by atoms with van der Waals surface area (Å²) in [4.78, 5) is 36.6. The van der Waals surface area contributed by atoms with Gasteiger partial charge < -0.3 is 4.74 Å². The second kappa shape index (κ2) is 4.66. The highest BCUT2D eigenvalue weighted by Crippen LogP contribution is 2.15. The first kappa shape index (κ1) is 12.4. The molecule has 1 aromatic carbocycles. The maximum atomic E-state index is 11.7. The van der Waals surface area contributed by atoms with E-state index in [2.05, 4.69) is 9.72 Å². The number of benzene rings is 1. The number of nitrogens with zero attached hydrogens (tertiary/aromatic N) is 1. The van der Waals surface area contributed by atoms with Crippen molar-refractivity contribution in [2.24, 2.45) is 0 Å². The van der Waals surface area contributed by atoms with E-state index < -0.39 is 17.2 Å². The van der Waals surface area contributed by atoms with Crippen LogP contribution in [0.15, 0.2) is 27.8 Å². The number of H-pyrrole nitrogens is 1. The Labute approximate surface area is 106 Å². The topological polar surface area (TPSA) is 81.2 Å². The van der Waals surface area contributed by atoms with Gasteiger partial charge in [0, 0.05) is 5.02 Å². The van der Waals surface area contributed by atoms with Crippen molar-refractivity contribution in [3.63, 3.8) is 0 Å². The highest BCUT2D eigenvalue weighted by Gasteiger charge is 2.11. The number of methoxy groups -OCH3 is 1. The third-order valence-corrected chi connectivity index (χ3v) is 2.71. The van der Waals surface area contributed by atoms with Crippen molar-refractivity contribution >= 4 is 28.5 Å². The zero-order chi connectivity index (χ0) is 13.3. The van der Waals surface area contributed by atoms with Crippen LogP contribution in [0, 0.1) is 0 Å². The molecule has 1 N–H and O–H groups in total. The number of carbonyl (C=O) groups excluding carboxylic acids is 1. The Morgan fingerprint density at radius 3 is 2.83 bits per heavy atom. The predicted octanol–water partition coefficient (Wildman–Crippen LogP) is 0.516. The lowest BCUT2D eigenvalue weighted by molar-refractivity contribution is -0.141. The lowest BCUT2D eigenvalue weighted by Gasteiger charge is -2.08. The minimum Gasteiger partial charge on any atom is -0.468 e. The fraction of sp³-hybridized carbons (Fsp3) is 0.182. The summed E-state index contributed by atoms with van der Waals surface area (Å²) in [6.45, 7) is -0.289. The van der Waals surface area contributed by atoms with Crippen molar-refractivity contribution in [3.05, 3.63) is 44.1 Å². The fourth-order valence-corrected chi connectivity index (χ4v) is 1.78. The number of nitrogens with one attached hydrogen (secondary N) is 1. The molecular weight excluding hydrogens is 260 g/mol. The SMILES string of the molecule is COC(=O)Cn1c(=O)[nH]c(=O)c2ccc(Cl)cc21. The van der Waals surface area contributed by atoms with E-state index in [9.17, 15) is 14.4 Å². The fourth-order valence-electron chi connectivity index (χ4n) is 1.61. The molecule has 0 atom stereocenters. The second-order valence-corrected chi connectivity index (χ2v) is 4.02. The van der Waals surface area contributed by atoms with Crippen LogP contribution < -0.4 is 11.2 Å². The average molecular weight is 269 g/mol. The Kier molecular flexibility index (Phi) is 3.20. The summed E-state index contributed by atoms with van der Waals surface area (Å²) in [5.74, 6) is -0.592. The Balaban J connectivity index is 2.78. The lowest BCUT2D eigenvalue weighted by Crippen LogP contribution is -2.32. The third kappa shape index (κ3) is 2.14. The minimum atomic E-state index is -0.680. The maximum absolute atomic E-state index is 11.7. The van der Waals surface area contributed by atoms with E-state index >= 15 is 0 Å². The second-order valence-electron chi connectivity index (χ2n) is 3.58. The molecule has 2 rings (SSSR count). The summed E-state index contributed by atoms with van der Waals surface area (Å²) < 4.78 is 5.60. The molecule has 0 radical (unpaired) electrons. The number of ether oxygens (including phenoxy) is 1. The molecule has 94 valence electrons. The molecule has 1 heterocycles. The van der Waals surface area contributed by atoms with Gasteiger partial charge in [-0.25, -0.2) is 4.79 Å². The molecule has 7 heteroatoms. The molecule has 0 saturated heterocycles. The number of hydrogen-bond acceptors (Lipinski definition) is 4. The van der Waals surface area contributed by atoms with Crippen LogP contribution in [0.25, 0.3) is 10.9 Å². The molecule has 1 aromatic heterocycles. The molecule has 2 aromatic rings. The normalized spacial score (nSPS) is 10.6. The van der Waals surface area contributed by atoms with E-state index in [1.165, 1.54) is 25.3 Å². The van der Waals surface area contributed by atoms with Crippen molar-refractivity contribution in [1.82, 2.24) is 9.55 Å². The van der Waals surface area contributed by atoms with Gasteiger partial charge in [-0.15, -0.1) is 0 Å². The number of hydrogen-bond donors (Lipinski definition) is 1. The highest BCUT2D eigenvalue weighted by molar-refractivity contribution is 6.31. The number of aromatic amines is 1. The van der Waals surface area contributed by atoms with E-state index in [0.717, 1.165) is 4.57 Å². The number of carbonyl (C=O) groups is 1. The predicted molar refractivity (Wildman–Crippen MR) is 65.9 cm³/mol. The Morgan fingerprint density at radius 1 is 1.44 bits per heavy atom. The summed E-state index contributed by atoms with van der Waals surface area (Å²) in [6.07, 6.45) is 0. The summed E-state index contributed by atoms with van der Waals surface area (Å²) in [7, 11) is 1.22. The molecule has 0 spiro atoms. The van der Waals surface area contributed by atoms with E-state index in [4.69, 9.17) is 11.6 Å². The van der Waals surface area contributed by atoms with Crippen LogP contribution in [0.5, 0.6) is 0 Å². The third-order valence-electron chi connectivity index (χ3n) is 2.48. The number of fused-ring (bicyclic) bond motifs is 1. The molecule has 0 aliphatic heterocycles. The maximum Gasteiger partial charge on any atom is 0.329 e. The summed E-state index contributed by atoms with van der Waals surface area (Å²) >= 11 is 5.82. The van der Waals surface area contributed by atoms with Gasteiger partial charge in [0.25, 0.3) is 5.56 Å². The molecule has 0 unspecified atom stereocenters. The summed E-state index contributed by atoms with van der Waals surface area (Å²) in [5.41, 5.74) is -0.908. The van der Waals surface area contributed by atoms with Crippen molar-refractivity contribution in [2.45, 2.75) is 6.54 Å². The van der Waals surface area contributed by atoms with Gasteiger partial charge in [-0.1, -0.05) is 11.6 Å². The van der Waals surface area contributed by atoms with Gasteiger partial charge in [0.05, 0.1) is 18.0 Å². The standard InChI is InChI=1S/C11H9ClN2O4/c1-18-9(15)5-14-8-4-6(12)2-3-7(8)10(16)13-11(14)17/h2-4H,5H2,1H3,(H,13,16,17). The molecule has 0 amide bonds. The van der Waals surface area contributed by atoms with Crippen molar-refractivity contribution in [1.29, 1.82) is 0 Å². The minimum absolute atomic E-state index is 0.280. The average Bonchev–Trinajstić information content (AvgIpc) is 2.33. The molecular formula is C11H9ClN2O4. The lowest BCUT2D eigenvalue weighted by atomic mass is 10.2. The molecule has 0 aliphatic rings. The van der Waals surface area contributed by atoms with Gasteiger partial charge in [-0.05, 0) is 18.2 Å². The largest absolute Gasteiger partial charge is 0.468 e. The van der Waals surface area contributed by atoms with Crippen molar-refractivity contribution in [3.8, 4) is 0 Å². The van der Waals surface area contributed by atoms with Crippen molar-refractivity contribution in [2.75, 3.05) is 7.11 Å². The zero-order valence-electron chi connectivity index (χ0n) is 9.40. The van der Waals surface area contributed by atoms with Gasteiger partial charge in [-0.3, -0.25) is 19.1 Å². The van der Waals surface area contributed by atoms with Crippen LogP contribution in [-0.4, -0.2) is 22.6 Å². The van der Waals surface area contributed by atoms with Gasteiger partial charge in [0.1, 0.15) is 6.54 Å². The quantitative estimate of drug-likeness (QED) is 0.805. The molecule has 0 bridgehead atoms. The molecule has 18 heavy (non-hydrogen) atoms. The summed E-state index contributed by atoms with van der Waals surface area (Å²) in [5, 5.41) is 0.647.